The van der Waals surface area contributed by atoms with E-state index in [1.807, 2.05) is 48.5 Å². The highest BCUT2D eigenvalue weighted by atomic mass is 16.5. The minimum absolute atomic E-state index is 0.0689. The molecule has 16 N–H and O–H groups in total. The summed E-state index contributed by atoms with van der Waals surface area (Å²) in [5.41, 5.74) is 58.7. The summed E-state index contributed by atoms with van der Waals surface area (Å²) in [4.78, 5) is 18.7. The summed E-state index contributed by atoms with van der Waals surface area (Å²) >= 11 is 0. The number of ether oxygens (including phenoxy) is 4. The van der Waals surface area contributed by atoms with Crippen LogP contribution in [0, 0.1) is 0 Å². The van der Waals surface area contributed by atoms with Gasteiger partial charge in [-0.3, -0.25) is 0 Å². The average molecular weight is 1100 g/mol. The van der Waals surface area contributed by atoms with Gasteiger partial charge in [-0.15, -0.1) is 0 Å². The Hall–Kier alpha value is -6.84. The van der Waals surface area contributed by atoms with Crippen molar-refractivity contribution < 1.29 is 18.9 Å². The zero-order chi connectivity index (χ0) is 57.5. The number of hydrogen-bond acceptors (Lipinski definition) is 8. The molecule has 0 aromatic heterocycles. The Bertz CT molecular complexity index is 2180. The summed E-state index contributed by atoms with van der Waals surface area (Å²) in [6.45, 7) is 11.0. The Morgan fingerprint density at radius 3 is 0.600 bits per heavy atom. The predicted molar refractivity (Wildman–Crippen MR) is 334 cm³/mol. The van der Waals surface area contributed by atoms with Crippen LogP contribution in [0.25, 0.3) is 0 Å². The van der Waals surface area contributed by atoms with Gasteiger partial charge >= 0.3 is 0 Å². The molecule has 0 saturated heterocycles. The van der Waals surface area contributed by atoms with Gasteiger partial charge in [-0.2, -0.15) is 0 Å². The molecule has 0 unspecified atom stereocenters. The first-order valence-electron chi connectivity index (χ1n) is 30.3. The van der Waals surface area contributed by atoms with Crippen molar-refractivity contribution in [1.29, 1.82) is 0 Å². The average Bonchev–Trinajstić information content (AvgIpc) is 3.39. The van der Waals surface area contributed by atoms with Gasteiger partial charge in [-0.1, -0.05) is 156 Å². The Balaban J connectivity index is 1.88. The van der Waals surface area contributed by atoms with Crippen molar-refractivity contribution in [3.63, 3.8) is 0 Å². The Morgan fingerprint density at radius 1 is 0.275 bits per heavy atom. The number of rotatable bonds is 36. The largest absolute Gasteiger partial charge is 0.493 e. The first-order chi connectivity index (χ1) is 38.8. The van der Waals surface area contributed by atoms with Crippen molar-refractivity contribution in [1.82, 2.24) is 0 Å². The lowest BCUT2D eigenvalue weighted by molar-refractivity contribution is 0.293. The highest BCUT2D eigenvalue weighted by Crippen LogP contribution is 2.44. The van der Waals surface area contributed by atoms with E-state index in [0.29, 0.717) is 74.9 Å². The van der Waals surface area contributed by atoms with E-state index in [2.05, 4.69) is 47.7 Å². The fraction of sp³-hybridized carbons (Fsp3) is 0.562. The lowest BCUT2D eigenvalue weighted by Gasteiger charge is -2.24. The van der Waals surface area contributed by atoms with Crippen molar-refractivity contribution in [3.8, 4) is 23.0 Å². The van der Waals surface area contributed by atoms with Gasteiger partial charge < -0.3 is 64.8 Å². The van der Waals surface area contributed by atoms with Crippen molar-refractivity contribution >= 4 is 46.6 Å². The maximum Gasteiger partial charge on any atom is 0.191 e. The number of benzene rings is 4. The summed E-state index contributed by atoms with van der Waals surface area (Å²) < 4.78 is 28.3. The van der Waals surface area contributed by atoms with E-state index >= 15 is 0 Å². The van der Waals surface area contributed by atoms with E-state index in [1.165, 1.54) is 77.0 Å². The molecule has 4 aromatic carbocycles. The monoisotopic (exact) mass is 1100 g/mol. The molecule has 1 aliphatic rings. The number of nitrogens with two attached hydrogens (primary N) is 8. The highest BCUT2D eigenvalue weighted by molar-refractivity contribution is 5.82. The third kappa shape index (κ3) is 22.4. The molecule has 0 radical (unpaired) electrons. The fourth-order valence-electron chi connectivity index (χ4n) is 10.6. The highest BCUT2D eigenvalue weighted by Gasteiger charge is 2.25. The predicted octanol–water partition coefficient (Wildman–Crippen LogP) is 12.9. The third-order valence-electron chi connectivity index (χ3n) is 14.4. The molecular weight excluding hydrogens is 1000 g/mol. The van der Waals surface area contributed by atoms with Crippen LogP contribution < -0.4 is 64.8 Å². The van der Waals surface area contributed by atoms with Gasteiger partial charge in [0.05, 0.1) is 49.2 Å². The van der Waals surface area contributed by atoms with Crippen molar-refractivity contribution in [2.75, 3.05) is 26.4 Å². The van der Waals surface area contributed by atoms with E-state index in [9.17, 15) is 0 Å². The Labute approximate surface area is 479 Å². The normalized spacial score (nSPS) is 11.8. The number of nitrogens with zero attached hydrogens (tertiary/aromatic N) is 4. The van der Waals surface area contributed by atoms with E-state index in [1.54, 1.807) is 0 Å². The third-order valence-corrected chi connectivity index (χ3v) is 14.4. The summed E-state index contributed by atoms with van der Waals surface area (Å²) in [6, 6.07) is 16.0. The van der Waals surface area contributed by atoms with E-state index in [0.717, 1.165) is 145 Å². The number of unbranched alkanes of at least 4 members (excludes halogenated alkanes) is 20. The molecule has 440 valence electrons. The summed E-state index contributed by atoms with van der Waals surface area (Å²) in [5.74, 6) is 2.63. The molecule has 8 bridgehead atoms. The molecule has 80 heavy (non-hydrogen) atoms. The molecule has 1 aliphatic carbocycles. The maximum atomic E-state index is 7.08. The molecule has 0 spiro atoms. The second kappa shape index (κ2) is 35.7. The topological polar surface area (TPSA) is 295 Å². The van der Waals surface area contributed by atoms with E-state index in [4.69, 9.17) is 64.8 Å². The molecule has 4 aromatic rings. The van der Waals surface area contributed by atoms with Crippen LogP contribution in [-0.4, -0.2) is 50.3 Å². The van der Waals surface area contributed by atoms with Crippen molar-refractivity contribution in [2.24, 2.45) is 65.8 Å². The van der Waals surface area contributed by atoms with Gasteiger partial charge in [0.2, 0.25) is 0 Å². The maximum absolute atomic E-state index is 7.08. The molecule has 0 atom stereocenters. The molecule has 5 rings (SSSR count). The number of fused-ring (bicyclic) bond motifs is 8. The van der Waals surface area contributed by atoms with Gasteiger partial charge in [0.25, 0.3) is 0 Å². The molecule has 0 amide bonds. The van der Waals surface area contributed by atoms with Crippen LogP contribution in [0.5, 0.6) is 23.0 Å². The SMILES string of the molecule is CCCCCCCCOc1c2cc(N=C(N)N)cc1Cc1cc(N=C(N)N)cc(c1OCCCCCCCC)Cc1cc(N=C(N)N)cc(c1OCCCCCCCC)Cc1cc(N=C(N)N)cc(c1OCCCCCCCC)C2. The van der Waals surface area contributed by atoms with Crippen LogP contribution in [-0.2, 0) is 25.7 Å². The van der Waals surface area contributed by atoms with Gasteiger partial charge in [0.1, 0.15) is 23.0 Å². The van der Waals surface area contributed by atoms with Crippen LogP contribution in [0.2, 0.25) is 0 Å². The minimum Gasteiger partial charge on any atom is -0.493 e. The van der Waals surface area contributed by atoms with Crippen molar-refractivity contribution in [2.45, 2.75) is 207 Å². The molecular formula is C64H100N12O4. The quantitative estimate of drug-likeness (QED) is 0.0106. The standard InChI is InChI=1S/C64H100N12O4/c1-5-9-13-17-21-25-29-77-57-45-33-47-39-54(74-62(67)68)41-49(58(47)78-30-26-22-18-14-10-6-2)35-51-43-56(76-64(71)72)44-52(60(51)80-32-28-24-20-16-12-8-4)36-50-42-55(75-63(69)70)40-48(34-46(57)38-53(37-45)73-61(65)66)59(50)79-31-27-23-19-15-11-7-3/h37-44H,5-36H2,1-4H3,(H4,65,66,73)(H4,67,68,74)(H4,69,70,75)(H4,71,72,76). The number of hydrogen-bond donors (Lipinski definition) is 8. The number of aliphatic imine (C=N–C) groups is 4. The molecule has 0 heterocycles. The molecule has 0 fully saturated rings. The van der Waals surface area contributed by atoms with E-state index < -0.39 is 0 Å². The van der Waals surface area contributed by atoms with Gasteiger partial charge in [0.15, 0.2) is 23.8 Å². The molecule has 16 nitrogen and oxygen atoms in total. The fourth-order valence-corrected chi connectivity index (χ4v) is 10.6. The summed E-state index contributed by atoms with van der Waals surface area (Å²) in [6.07, 6.45) is 28.0. The van der Waals surface area contributed by atoms with Crippen LogP contribution in [0.1, 0.15) is 226 Å². The second-order valence-electron chi connectivity index (χ2n) is 21.7. The first kappa shape index (κ1) is 64.0. The molecule has 16 heteroatoms. The van der Waals surface area contributed by atoms with Crippen LogP contribution in [0.4, 0.5) is 22.7 Å². The first-order valence-corrected chi connectivity index (χ1v) is 30.3. The zero-order valence-corrected chi connectivity index (χ0v) is 49.3. The van der Waals surface area contributed by atoms with Gasteiger partial charge in [-0.05, 0) is 74.2 Å². The molecule has 0 saturated carbocycles. The van der Waals surface area contributed by atoms with E-state index in [-0.39, 0.29) is 23.8 Å². The lowest BCUT2D eigenvalue weighted by Crippen LogP contribution is -2.22. The van der Waals surface area contributed by atoms with Crippen molar-refractivity contribution in [3.05, 3.63) is 93.0 Å². The van der Waals surface area contributed by atoms with Gasteiger partial charge in [-0.25, -0.2) is 20.0 Å². The number of guanidine groups is 4. The minimum atomic E-state index is -0.0689. The van der Waals surface area contributed by atoms with Gasteiger partial charge in [0, 0.05) is 70.2 Å². The Kier molecular flexibility index (Phi) is 28.6. The zero-order valence-electron chi connectivity index (χ0n) is 49.3. The molecule has 0 aliphatic heterocycles. The van der Waals surface area contributed by atoms with Crippen LogP contribution >= 0.6 is 0 Å². The summed E-state index contributed by atoms with van der Waals surface area (Å²) in [5, 5.41) is 0. The summed E-state index contributed by atoms with van der Waals surface area (Å²) in [7, 11) is 0. The lowest BCUT2D eigenvalue weighted by atomic mass is 9.90. The second-order valence-corrected chi connectivity index (χ2v) is 21.7. The smallest absolute Gasteiger partial charge is 0.191 e. The van der Waals surface area contributed by atoms with Crippen LogP contribution in [0.3, 0.4) is 0 Å². The Morgan fingerprint density at radius 2 is 0.438 bits per heavy atom. The van der Waals surface area contributed by atoms with Crippen LogP contribution in [0.15, 0.2) is 68.5 Å².